The maximum Gasteiger partial charge on any atom is 0.254 e. The van der Waals surface area contributed by atoms with Crippen molar-refractivity contribution in [2.75, 3.05) is 13.3 Å². The fraction of sp³-hybridized carbons (Fsp3) is 0.308. The third kappa shape index (κ3) is 3.78. The van der Waals surface area contributed by atoms with Crippen LogP contribution in [0.15, 0.2) is 33.4 Å². The molecule has 1 aromatic heterocycles. The van der Waals surface area contributed by atoms with Gasteiger partial charge < -0.3 is 0 Å². The summed E-state index contributed by atoms with van der Waals surface area (Å²) in [7, 11) is -2.00. The van der Waals surface area contributed by atoms with Gasteiger partial charge in [-0.2, -0.15) is 4.31 Å². The molecule has 21 heavy (non-hydrogen) atoms. The Morgan fingerprint density at radius 1 is 1.33 bits per heavy atom. The fourth-order valence-electron chi connectivity index (χ4n) is 1.80. The zero-order valence-electron chi connectivity index (χ0n) is 11.8. The van der Waals surface area contributed by atoms with E-state index >= 15 is 0 Å². The summed E-state index contributed by atoms with van der Waals surface area (Å²) in [6, 6.07) is 7.83. The Bertz CT molecular complexity index is 726. The van der Waals surface area contributed by atoms with Crippen LogP contribution >= 0.6 is 34.7 Å². The number of aromatic nitrogens is 1. The second-order valence-electron chi connectivity index (χ2n) is 4.45. The van der Waals surface area contributed by atoms with Gasteiger partial charge in [0.1, 0.15) is 0 Å². The minimum absolute atomic E-state index is 0.204. The molecule has 0 aliphatic carbocycles. The highest BCUT2D eigenvalue weighted by atomic mass is 35.5. The van der Waals surface area contributed by atoms with E-state index < -0.39 is 10.0 Å². The number of hydrogen-bond acceptors (Lipinski definition) is 5. The predicted octanol–water partition coefficient (Wildman–Crippen LogP) is 3.65. The lowest BCUT2D eigenvalue weighted by Crippen LogP contribution is -2.26. The van der Waals surface area contributed by atoms with Crippen LogP contribution in [-0.4, -0.2) is 31.0 Å². The molecule has 0 aliphatic heterocycles. The van der Waals surface area contributed by atoms with E-state index in [4.69, 9.17) is 11.6 Å². The lowest BCUT2D eigenvalue weighted by Gasteiger charge is -2.16. The van der Waals surface area contributed by atoms with E-state index in [1.807, 2.05) is 30.5 Å². The number of rotatable bonds is 5. The summed E-state index contributed by atoms with van der Waals surface area (Å²) in [6.07, 6.45) is 2.00. The first-order valence-corrected chi connectivity index (χ1v) is 9.92. The fourth-order valence-corrected chi connectivity index (χ4v) is 5.30. The van der Waals surface area contributed by atoms with Crippen LogP contribution in [-0.2, 0) is 16.6 Å². The summed E-state index contributed by atoms with van der Waals surface area (Å²) in [5.41, 5.74) is 1.38. The number of nitrogens with zero attached hydrogens (tertiary/aromatic N) is 2. The number of sulfonamides is 1. The van der Waals surface area contributed by atoms with Gasteiger partial charge >= 0.3 is 0 Å². The van der Waals surface area contributed by atoms with Crippen LogP contribution < -0.4 is 0 Å². The maximum atomic E-state index is 12.5. The van der Waals surface area contributed by atoms with Crippen molar-refractivity contribution < 1.29 is 8.42 Å². The van der Waals surface area contributed by atoms with E-state index in [1.165, 1.54) is 4.31 Å². The zero-order chi connectivity index (χ0) is 15.6. The highest BCUT2D eigenvalue weighted by Crippen LogP contribution is 2.29. The van der Waals surface area contributed by atoms with Crippen molar-refractivity contribution in [1.82, 2.24) is 9.29 Å². The van der Waals surface area contributed by atoms with Crippen LogP contribution in [0.1, 0.15) is 11.3 Å². The van der Waals surface area contributed by atoms with Gasteiger partial charge in [0.05, 0.1) is 5.69 Å². The topological polar surface area (TPSA) is 50.3 Å². The molecule has 8 heteroatoms. The van der Waals surface area contributed by atoms with Gasteiger partial charge in [-0.3, -0.25) is 0 Å². The predicted molar refractivity (Wildman–Crippen MR) is 88.7 cm³/mol. The zero-order valence-corrected chi connectivity index (χ0v) is 15.0. The summed E-state index contributed by atoms with van der Waals surface area (Å²) in [5, 5.41) is 0. The van der Waals surface area contributed by atoms with E-state index in [9.17, 15) is 8.42 Å². The standard InChI is InChI=1S/C13H15ClN2O2S3/c1-9-12(20-13(14)15-9)21(17,18)16(2)8-10-4-6-11(19-3)7-5-10/h4-7H,8H2,1-3H3. The van der Waals surface area contributed by atoms with E-state index in [0.29, 0.717) is 12.2 Å². The second-order valence-corrected chi connectivity index (χ2v) is 9.15. The van der Waals surface area contributed by atoms with Crippen molar-refractivity contribution >= 4 is 44.7 Å². The number of thioether (sulfide) groups is 1. The van der Waals surface area contributed by atoms with Crippen molar-refractivity contribution in [2.24, 2.45) is 0 Å². The molecule has 1 aromatic carbocycles. The molecular weight excluding hydrogens is 348 g/mol. The van der Waals surface area contributed by atoms with E-state index in [0.717, 1.165) is 21.8 Å². The Morgan fingerprint density at radius 2 is 1.95 bits per heavy atom. The van der Waals surface area contributed by atoms with Crippen molar-refractivity contribution in [2.45, 2.75) is 22.6 Å². The van der Waals surface area contributed by atoms with Gasteiger partial charge in [0.15, 0.2) is 8.68 Å². The van der Waals surface area contributed by atoms with Crippen LogP contribution in [0.5, 0.6) is 0 Å². The SMILES string of the molecule is CSc1ccc(CN(C)S(=O)(=O)c2sc(Cl)nc2C)cc1. The highest BCUT2D eigenvalue weighted by Gasteiger charge is 2.26. The molecule has 0 N–H and O–H groups in total. The summed E-state index contributed by atoms with van der Waals surface area (Å²) < 4.78 is 26.8. The second kappa shape index (κ2) is 6.66. The van der Waals surface area contributed by atoms with Crippen LogP contribution in [0.25, 0.3) is 0 Å². The summed E-state index contributed by atoms with van der Waals surface area (Å²) in [4.78, 5) is 5.11. The molecule has 0 saturated heterocycles. The van der Waals surface area contributed by atoms with E-state index in [-0.39, 0.29) is 8.68 Å². The number of benzene rings is 1. The smallest absolute Gasteiger partial charge is 0.229 e. The average Bonchev–Trinajstić information content (AvgIpc) is 2.79. The first-order valence-electron chi connectivity index (χ1n) is 6.07. The molecule has 4 nitrogen and oxygen atoms in total. The minimum atomic E-state index is -3.56. The largest absolute Gasteiger partial charge is 0.254 e. The number of hydrogen-bond donors (Lipinski definition) is 0. The first kappa shape index (κ1) is 16.8. The molecule has 2 aromatic rings. The third-order valence-electron chi connectivity index (χ3n) is 2.94. The molecule has 0 saturated carbocycles. The van der Waals surface area contributed by atoms with Gasteiger partial charge in [0.2, 0.25) is 0 Å². The van der Waals surface area contributed by atoms with Gasteiger partial charge in [0, 0.05) is 18.5 Å². The van der Waals surface area contributed by atoms with Crippen molar-refractivity contribution in [3.8, 4) is 0 Å². The van der Waals surface area contributed by atoms with Gasteiger partial charge in [-0.05, 0) is 30.9 Å². The molecule has 0 unspecified atom stereocenters. The molecule has 0 radical (unpaired) electrons. The van der Waals surface area contributed by atoms with Crippen LogP contribution in [0.2, 0.25) is 4.47 Å². The third-order valence-corrected chi connectivity index (χ3v) is 7.33. The molecule has 0 aliphatic rings. The van der Waals surface area contributed by atoms with Gasteiger partial charge in [-0.15, -0.1) is 11.8 Å². The molecule has 1 heterocycles. The van der Waals surface area contributed by atoms with Gasteiger partial charge in [0.25, 0.3) is 10.0 Å². The number of halogens is 1. The minimum Gasteiger partial charge on any atom is -0.229 e. The molecule has 114 valence electrons. The molecule has 0 spiro atoms. The first-order chi connectivity index (χ1) is 9.84. The Kier molecular flexibility index (Phi) is 5.32. The van der Waals surface area contributed by atoms with E-state index in [1.54, 1.807) is 25.7 Å². The quantitative estimate of drug-likeness (QED) is 0.762. The normalized spacial score (nSPS) is 12.0. The van der Waals surface area contributed by atoms with Gasteiger partial charge in [-0.25, -0.2) is 13.4 Å². The van der Waals surface area contributed by atoms with E-state index in [2.05, 4.69) is 4.98 Å². The average molecular weight is 363 g/mol. The Balaban J connectivity index is 2.22. The summed E-state index contributed by atoms with van der Waals surface area (Å²) >= 11 is 8.43. The molecular formula is C13H15ClN2O2S3. The van der Waals surface area contributed by atoms with Crippen LogP contribution in [0.3, 0.4) is 0 Å². The number of thiazole rings is 1. The lowest BCUT2D eigenvalue weighted by molar-refractivity contribution is 0.468. The highest BCUT2D eigenvalue weighted by molar-refractivity contribution is 7.98. The molecule has 0 atom stereocenters. The van der Waals surface area contributed by atoms with Crippen molar-refractivity contribution in [3.05, 3.63) is 40.0 Å². The van der Waals surface area contributed by atoms with Crippen molar-refractivity contribution in [3.63, 3.8) is 0 Å². The summed E-state index contributed by atoms with van der Waals surface area (Å²) in [6.45, 7) is 1.96. The number of aryl methyl sites for hydroxylation is 1. The maximum absolute atomic E-state index is 12.5. The molecule has 0 bridgehead atoms. The Labute approximate surface area is 138 Å². The molecule has 2 rings (SSSR count). The van der Waals surface area contributed by atoms with Gasteiger partial charge in [-0.1, -0.05) is 35.1 Å². The molecule has 0 fully saturated rings. The lowest BCUT2D eigenvalue weighted by atomic mass is 10.2. The monoisotopic (exact) mass is 362 g/mol. The summed E-state index contributed by atoms with van der Waals surface area (Å²) in [5.74, 6) is 0. The van der Waals surface area contributed by atoms with Crippen molar-refractivity contribution in [1.29, 1.82) is 0 Å². The Morgan fingerprint density at radius 3 is 2.43 bits per heavy atom. The van der Waals surface area contributed by atoms with Crippen LogP contribution in [0, 0.1) is 6.92 Å². The Hall–Kier alpha value is -0.600. The molecule has 0 amide bonds. The van der Waals surface area contributed by atoms with Crippen LogP contribution in [0.4, 0.5) is 0 Å².